The fourth-order valence-corrected chi connectivity index (χ4v) is 2.11. The maximum absolute atomic E-state index is 5.67. The van der Waals surface area contributed by atoms with Gasteiger partial charge in [0.15, 0.2) is 5.76 Å². The van der Waals surface area contributed by atoms with Crippen molar-refractivity contribution >= 4 is 11.6 Å². The Balaban J connectivity index is 1.73. The second-order valence-corrected chi connectivity index (χ2v) is 4.77. The number of halogens is 1. The Morgan fingerprint density at radius 2 is 2.05 bits per heavy atom. The topological polar surface area (TPSA) is 56.7 Å². The predicted molar refractivity (Wildman–Crippen MR) is 75.5 cm³/mol. The highest BCUT2D eigenvalue weighted by molar-refractivity contribution is 6.17. The summed E-state index contributed by atoms with van der Waals surface area (Å²) in [4.78, 5) is 0. The maximum Gasteiger partial charge on any atom is 0.158 e. The van der Waals surface area contributed by atoms with E-state index in [-0.39, 0.29) is 0 Å². The van der Waals surface area contributed by atoms with Crippen LogP contribution in [0.4, 0.5) is 0 Å². The van der Waals surface area contributed by atoms with Gasteiger partial charge in [0.25, 0.3) is 0 Å². The Labute approximate surface area is 121 Å². The van der Waals surface area contributed by atoms with Gasteiger partial charge in [-0.15, -0.1) is 16.7 Å². The molecule has 0 bridgehead atoms. The van der Waals surface area contributed by atoms with Gasteiger partial charge < -0.3 is 4.52 Å². The van der Waals surface area contributed by atoms with E-state index in [1.54, 1.807) is 4.68 Å². The lowest BCUT2D eigenvalue weighted by atomic mass is 10.1. The molecule has 0 fully saturated rings. The maximum atomic E-state index is 5.67. The summed E-state index contributed by atoms with van der Waals surface area (Å²) in [5.74, 6) is 1.28. The second kappa shape index (κ2) is 5.88. The van der Waals surface area contributed by atoms with E-state index >= 15 is 0 Å². The minimum atomic E-state index is 0.509. The molecule has 2 heterocycles. The molecule has 0 spiro atoms. The molecule has 0 radical (unpaired) electrons. The first-order valence-corrected chi connectivity index (χ1v) is 6.84. The summed E-state index contributed by atoms with van der Waals surface area (Å²) in [7, 11) is 0. The van der Waals surface area contributed by atoms with Crippen LogP contribution in [-0.4, -0.2) is 26.0 Å². The van der Waals surface area contributed by atoms with Crippen molar-refractivity contribution in [3.8, 4) is 11.3 Å². The monoisotopic (exact) mass is 288 g/mol. The van der Waals surface area contributed by atoms with Crippen molar-refractivity contribution in [2.45, 2.75) is 13.0 Å². The van der Waals surface area contributed by atoms with E-state index < -0.39 is 0 Å². The molecule has 0 N–H and O–H groups in total. The molecular formula is C14H13ClN4O. The van der Waals surface area contributed by atoms with E-state index in [9.17, 15) is 0 Å². The third-order valence-corrected chi connectivity index (χ3v) is 3.07. The van der Waals surface area contributed by atoms with E-state index in [0.717, 1.165) is 22.7 Å². The summed E-state index contributed by atoms with van der Waals surface area (Å²) in [5, 5.41) is 12.1. The normalized spacial score (nSPS) is 10.8. The zero-order valence-corrected chi connectivity index (χ0v) is 11.5. The quantitative estimate of drug-likeness (QED) is 0.677. The first-order chi connectivity index (χ1) is 9.85. The fraction of sp³-hybridized carbons (Fsp3) is 0.214. The Bertz CT molecular complexity index is 677. The molecular weight excluding hydrogens is 276 g/mol. The molecule has 0 atom stereocenters. The largest absolute Gasteiger partial charge is 0.359 e. The SMILES string of the molecule is ClCCc1cn(Cc2cc(-c3ccccc3)no2)nn1. The van der Waals surface area contributed by atoms with Crippen molar-refractivity contribution in [3.05, 3.63) is 54.0 Å². The molecule has 3 rings (SSSR count). The lowest BCUT2D eigenvalue weighted by molar-refractivity contribution is 0.372. The third-order valence-electron chi connectivity index (χ3n) is 2.88. The van der Waals surface area contributed by atoms with Crippen LogP contribution in [0, 0.1) is 0 Å². The molecule has 0 saturated carbocycles. The van der Waals surface area contributed by atoms with E-state index in [1.165, 1.54) is 0 Å². The van der Waals surface area contributed by atoms with Gasteiger partial charge in [-0.1, -0.05) is 40.7 Å². The number of hydrogen-bond donors (Lipinski definition) is 0. The van der Waals surface area contributed by atoms with E-state index in [2.05, 4.69) is 15.5 Å². The number of benzene rings is 1. The van der Waals surface area contributed by atoms with Crippen molar-refractivity contribution in [2.24, 2.45) is 0 Å². The molecule has 0 aliphatic heterocycles. The van der Waals surface area contributed by atoms with Crippen LogP contribution in [0.2, 0.25) is 0 Å². The summed E-state index contributed by atoms with van der Waals surface area (Å²) in [5.41, 5.74) is 2.73. The Kier molecular flexibility index (Phi) is 3.78. The lowest BCUT2D eigenvalue weighted by Crippen LogP contribution is -1.98. The number of nitrogens with zero attached hydrogens (tertiary/aromatic N) is 4. The van der Waals surface area contributed by atoms with E-state index in [4.69, 9.17) is 16.1 Å². The highest BCUT2D eigenvalue weighted by atomic mass is 35.5. The molecule has 0 aliphatic carbocycles. The molecule has 2 aromatic heterocycles. The van der Waals surface area contributed by atoms with Crippen molar-refractivity contribution in [3.63, 3.8) is 0 Å². The van der Waals surface area contributed by atoms with Gasteiger partial charge in [-0.3, -0.25) is 0 Å². The van der Waals surface area contributed by atoms with Gasteiger partial charge in [0.05, 0.1) is 5.69 Å². The van der Waals surface area contributed by atoms with Crippen LogP contribution in [0.1, 0.15) is 11.5 Å². The van der Waals surface area contributed by atoms with Gasteiger partial charge in [-0.05, 0) is 0 Å². The molecule has 102 valence electrons. The number of aryl methyl sites for hydroxylation is 1. The molecule has 0 saturated heterocycles. The molecule has 3 aromatic rings. The summed E-state index contributed by atoms with van der Waals surface area (Å²) < 4.78 is 7.05. The predicted octanol–water partition coefficient (Wildman–Crippen LogP) is 2.76. The number of hydrogen-bond acceptors (Lipinski definition) is 4. The number of alkyl halides is 1. The van der Waals surface area contributed by atoms with Crippen molar-refractivity contribution in [1.82, 2.24) is 20.2 Å². The zero-order valence-electron chi connectivity index (χ0n) is 10.7. The van der Waals surface area contributed by atoms with Crippen LogP contribution in [0.5, 0.6) is 0 Å². The summed E-state index contributed by atoms with van der Waals surface area (Å²) in [6.45, 7) is 0.509. The summed E-state index contributed by atoms with van der Waals surface area (Å²) in [6.07, 6.45) is 2.58. The van der Waals surface area contributed by atoms with Crippen LogP contribution in [0.25, 0.3) is 11.3 Å². The Morgan fingerprint density at radius 3 is 2.85 bits per heavy atom. The number of aromatic nitrogens is 4. The highest BCUT2D eigenvalue weighted by Crippen LogP contribution is 2.18. The number of rotatable bonds is 5. The van der Waals surface area contributed by atoms with E-state index in [0.29, 0.717) is 18.8 Å². The average Bonchev–Trinajstić information content (AvgIpc) is 3.11. The highest BCUT2D eigenvalue weighted by Gasteiger charge is 2.08. The third kappa shape index (κ3) is 2.88. The van der Waals surface area contributed by atoms with Crippen LogP contribution in [-0.2, 0) is 13.0 Å². The van der Waals surface area contributed by atoms with Gasteiger partial charge in [0.1, 0.15) is 12.2 Å². The van der Waals surface area contributed by atoms with Gasteiger partial charge >= 0.3 is 0 Å². The molecule has 20 heavy (non-hydrogen) atoms. The summed E-state index contributed by atoms with van der Waals surface area (Å²) >= 11 is 5.67. The average molecular weight is 289 g/mol. The van der Waals surface area contributed by atoms with Gasteiger partial charge in [-0.25, -0.2) is 4.68 Å². The molecule has 6 heteroatoms. The zero-order chi connectivity index (χ0) is 13.8. The van der Waals surface area contributed by atoms with Crippen LogP contribution in [0.3, 0.4) is 0 Å². The minimum Gasteiger partial charge on any atom is -0.359 e. The summed E-state index contributed by atoms with van der Waals surface area (Å²) in [6, 6.07) is 11.8. The van der Waals surface area contributed by atoms with Crippen LogP contribution < -0.4 is 0 Å². The van der Waals surface area contributed by atoms with Crippen molar-refractivity contribution in [2.75, 3.05) is 5.88 Å². The Hall–Kier alpha value is -2.14. The standard InChI is InChI=1S/C14H13ClN4O/c15-7-6-12-9-19(18-16-12)10-13-8-14(17-20-13)11-4-2-1-3-5-11/h1-5,8-9H,6-7,10H2. The fourth-order valence-electron chi connectivity index (χ4n) is 1.92. The van der Waals surface area contributed by atoms with Gasteiger partial charge in [-0.2, -0.15) is 0 Å². The molecule has 0 amide bonds. The van der Waals surface area contributed by atoms with E-state index in [1.807, 2.05) is 42.6 Å². The van der Waals surface area contributed by atoms with Gasteiger partial charge in [0, 0.05) is 30.1 Å². The minimum absolute atomic E-state index is 0.509. The first-order valence-electron chi connectivity index (χ1n) is 6.31. The smallest absolute Gasteiger partial charge is 0.158 e. The molecule has 1 aromatic carbocycles. The second-order valence-electron chi connectivity index (χ2n) is 4.39. The van der Waals surface area contributed by atoms with Crippen molar-refractivity contribution < 1.29 is 4.52 Å². The van der Waals surface area contributed by atoms with Crippen LogP contribution >= 0.6 is 11.6 Å². The van der Waals surface area contributed by atoms with Gasteiger partial charge in [0.2, 0.25) is 0 Å². The molecule has 0 aliphatic rings. The molecule has 5 nitrogen and oxygen atoms in total. The first kappa shape index (κ1) is 12.9. The Morgan fingerprint density at radius 1 is 1.20 bits per heavy atom. The lowest BCUT2D eigenvalue weighted by Gasteiger charge is -1.93. The molecule has 0 unspecified atom stereocenters. The van der Waals surface area contributed by atoms with Crippen molar-refractivity contribution in [1.29, 1.82) is 0 Å². The van der Waals surface area contributed by atoms with Crippen LogP contribution in [0.15, 0.2) is 47.1 Å².